The largest absolute Gasteiger partial charge is 0.330 e. The Kier molecular flexibility index (Phi) is 3.09. The van der Waals surface area contributed by atoms with Crippen LogP contribution < -0.4 is 0 Å². The first-order valence-corrected chi connectivity index (χ1v) is 5.65. The molecule has 0 saturated heterocycles. The van der Waals surface area contributed by atoms with Crippen LogP contribution in [0.5, 0.6) is 0 Å². The molecule has 0 fully saturated rings. The standard InChI is InChI=1S/C14H17N2/c1-11(2)14-15-8-9-16(14)10-13-7-5-4-6-12(13)3/h4-5,7-9,11H,10H2,1-3H3. The molecule has 83 valence electrons. The van der Waals surface area contributed by atoms with Gasteiger partial charge >= 0.3 is 0 Å². The van der Waals surface area contributed by atoms with Gasteiger partial charge < -0.3 is 4.57 Å². The summed E-state index contributed by atoms with van der Waals surface area (Å²) in [6.07, 6.45) is 3.92. The van der Waals surface area contributed by atoms with Crippen molar-refractivity contribution in [2.75, 3.05) is 0 Å². The summed E-state index contributed by atoms with van der Waals surface area (Å²) in [7, 11) is 0. The van der Waals surface area contributed by atoms with E-state index in [0.29, 0.717) is 5.92 Å². The molecule has 0 atom stereocenters. The third-order valence-electron chi connectivity index (χ3n) is 2.78. The van der Waals surface area contributed by atoms with Gasteiger partial charge in [0.15, 0.2) is 0 Å². The molecule has 16 heavy (non-hydrogen) atoms. The van der Waals surface area contributed by atoms with Gasteiger partial charge in [-0.1, -0.05) is 32.0 Å². The molecule has 1 heterocycles. The second-order valence-corrected chi connectivity index (χ2v) is 4.39. The molecule has 2 rings (SSSR count). The van der Waals surface area contributed by atoms with Crippen molar-refractivity contribution >= 4 is 0 Å². The molecule has 0 spiro atoms. The van der Waals surface area contributed by atoms with Crippen LogP contribution in [0.2, 0.25) is 0 Å². The van der Waals surface area contributed by atoms with E-state index in [9.17, 15) is 0 Å². The average molecular weight is 213 g/mol. The maximum Gasteiger partial charge on any atom is 0.111 e. The number of hydrogen-bond donors (Lipinski definition) is 0. The smallest absolute Gasteiger partial charge is 0.111 e. The zero-order valence-electron chi connectivity index (χ0n) is 10.1. The van der Waals surface area contributed by atoms with E-state index in [-0.39, 0.29) is 0 Å². The van der Waals surface area contributed by atoms with E-state index in [0.717, 1.165) is 12.4 Å². The van der Waals surface area contributed by atoms with E-state index in [1.54, 1.807) is 0 Å². The van der Waals surface area contributed by atoms with Crippen LogP contribution in [-0.2, 0) is 6.54 Å². The summed E-state index contributed by atoms with van der Waals surface area (Å²) in [6, 6.07) is 9.37. The number of hydrogen-bond acceptors (Lipinski definition) is 1. The second-order valence-electron chi connectivity index (χ2n) is 4.39. The van der Waals surface area contributed by atoms with Crippen LogP contribution in [0.4, 0.5) is 0 Å². The summed E-state index contributed by atoms with van der Waals surface area (Å²) in [5.41, 5.74) is 2.52. The third kappa shape index (κ3) is 2.16. The van der Waals surface area contributed by atoms with Crippen molar-refractivity contribution in [2.45, 2.75) is 33.2 Å². The number of nitrogens with zero attached hydrogens (tertiary/aromatic N) is 2. The molecule has 0 aliphatic heterocycles. The summed E-state index contributed by atoms with van der Waals surface area (Å²) in [4.78, 5) is 4.39. The van der Waals surface area contributed by atoms with Gasteiger partial charge in [0.1, 0.15) is 5.82 Å². The lowest BCUT2D eigenvalue weighted by molar-refractivity contribution is 0.668. The fourth-order valence-corrected chi connectivity index (χ4v) is 1.87. The van der Waals surface area contributed by atoms with Crippen LogP contribution >= 0.6 is 0 Å². The molecule has 1 aromatic carbocycles. The SMILES string of the molecule is Cc1[c]cccc1Cn1ccnc1C(C)C. The maximum absolute atomic E-state index is 4.39. The Morgan fingerprint density at radius 1 is 1.44 bits per heavy atom. The molecule has 2 aromatic rings. The Balaban J connectivity index is 2.27. The summed E-state index contributed by atoms with van der Waals surface area (Å²) >= 11 is 0. The zero-order valence-corrected chi connectivity index (χ0v) is 10.1. The summed E-state index contributed by atoms with van der Waals surface area (Å²) < 4.78 is 2.21. The molecule has 2 heteroatoms. The van der Waals surface area contributed by atoms with Gasteiger partial charge in [0, 0.05) is 24.9 Å². The molecule has 1 aromatic heterocycles. The minimum Gasteiger partial charge on any atom is -0.330 e. The molecule has 0 bridgehead atoms. The van der Waals surface area contributed by atoms with E-state index < -0.39 is 0 Å². The van der Waals surface area contributed by atoms with Gasteiger partial charge in [-0.05, 0) is 24.1 Å². The maximum atomic E-state index is 4.39. The van der Waals surface area contributed by atoms with E-state index in [1.807, 2.05) is 24.5 Å². The molecule has 0 amide bonds. The average Bonchev–Trinajstić information content (AvgIpc) is 2.69. The number of rotatable bonds is 3. The molecule has 1 radical (unpaired) electrons. The first kappa shape index (κ1) is 10.9. The minimum atomic E-state index is 0.461. The van der Waals surface area contributed by atoms with Gasteiger partial charge in [-0.25, -0.2) is 4.98 Å². The number of aromatic nitrogens is 2. The summed E-state index contributed by atoms with van der Waals surface area (Å²) in [6.45, 7) is 7.32. The summed E-state index contributed by atoms with van der Waals surface area (Å²) in [5, 5.41) is 0. The Bertz CT molecular complexity index is 469. The number of benzene rings is 1. The minimum absolute atomic E-state index is 0.461. The molecule has 0 unspecified atom stereocenters. The second kappa shape index (κ2) is 4.52. The van der Waals surface area contributed by atoms with Crippen molar-refractivity contribution in [3.63, 3.8) is 0 Å². The van der Waals surface area contributed by atoms with Crippen molar-refractivity contribution in [2.24, 2.45) is 0 Å². The highest BCUT2D eigenvalue weighted by atomic mass is 15.1. The predicted molar refractivity (Wildman–Crippen MR) is 65.4 cm³/mol. The van der Waals surface area contributed by atoms with Crippen molar-refractivity contribution in [3.8, 4) is 0 Å². The molecular formula is C14H17N2. The normalized spacial score (nSPS) is 11.0. The molecular weight excluding hydrogens is 196 g/mol. The van der Waals surface area contributed by atoms with Gasteiger partial charge in [-0.15, -0.1) is 0 Å². The zero-order chi connectivity index (χ0) is 11.5. The summed E-state index contributed by atoms with van der Waals surface area (Å²) in [5.74, 6) is 1.60. The van der Waals surface area contributed by atoms with Crippen LogP contribution in [0.15, 0.2) is 30.6 Å². The fraction of sp³-hybridized carbons (Fsp3) is 0.357. The first-order chi connectivity index (χ1) is 7.68. The van der Waals surface area contributed by atoms with Gasteiger partial charge in [-0.2, -0.15) is 0 Å². The Hall–Kier alpha value is -1.57. The number of aryl methyl sites for hydroxylation is 1. The van der Waals surface area contributed by atoms with E-state index >= 15 is 0 Å². The molecule has 0 saturated carbocycles. The fourth-order valence-electron chi connectivity index (χ4n) is 1.87. The molecule has 0 aliphatic carbocycles. The lowest BCUT2D eigenvalue weighted by Gasteiger charge is -2.11. The van der Waals surface area contributed by atoms with E-state index in [1.165, 1.54) is 11.1 Å². The quantitative estimate of drug-likeness (QED) is 0.765. The van der Waals surface area contributed by atoms with Crippen molar-refractivity contribution < 1.29 is 0 Å². The highest BCUT2D eigenvalue weighted by Gasteiger charge is 2.07. The van der Waals surface area contributed by atoms with E-state index in [2.05, 4.69) is 42.5 Å². The van der Waals surface area contributed by atoms with Crippen LogP contribution in [0.1, 0.15) is 36.7 Å². The lowest BCUT2D eigenvalue weighted by atomic mass is 10.1. The third-order valence-corrected chi connectivity index (χ3v) is 2.78. The van der Waals surface area contributed by atoms with Crippen molar-refractivity contribution in [1.82, 2.24) is 9.55 Å². The molecule has 0 aliphatic rings. The van der Waals surface area contributed by atoms with Gasteiger partial charge in [-0.3, -0.25) is 0 Å². The Morgan fingerprint density at radius 3 is 2.94 bits per heavy atom. The van der Waals surface area contributed by atoms with Crippen LogP contribution in [0.3, 0.4) is 0 Å². The molecule has 0 N–H and O–H groups in total. The topological polar surface area (TPSA) is 17.8 Å². The van der Waals surface area contributed by atoms with Crippen LogP contribution in [0, 0.1) is 13.0 Å². The monoisotopic (exact) mass is 213 g/mol. The van der Waals surface area contributed by atoms with Gasteiger partial charge in [0.2, 0.25) is 0 Å². The highest BCUT2D eigenvalue weighted by molar-refractivity contribution is 5.25. The van der Waals surface area contributed by atoms with E-state index in [4.69, 9.17) is 0 Å². The van der Waals surface area contributed by atoms with Gasteiger partial charge in [0.25, 0.3) is 0 Å². The van der Waals surface area contributed by atoms with Crippen LogP contribution in [-0.4, -0.2) is 9.55 Å². The Labute approximate surface area is 97.0 Å². The Morgan fingerprint density at radius 2 is 2.25 bits per heavy atom. The van der Waals surface area contributed by atoms with Gasteiger partial charge in [0.05, 0.1) is 0 Å². The first-order valence-electron chi connectivity index (χ1n) is 5.65. The molecule has 2 nitrogen and oxygen atoms in total. The van der Waals surface area contributed by atoms with Crippen LogP contribution in [0.25, 0.3) is 0 Å². The number of imidazole rings is 1. The lowest BCUT2D eigenvalue weighted by Crippen LogP contribution is -2.06. The highest BCUT2D eigenvalue weighted by Crippen LogP contribution is 2.15. The van der Waals surface area contributed by atoms with Crippen molar-refractivity contribution in [3.05, 3.63) is 53.6 Å². The van der Waals surface area contributed by atoms with Crippen molar-refractivity contribution in [1.29, 1.82) is 0 Å². The predicted octanol–water partition coefficient (Wildman–Crippen LogP) is 3.16.